The van der Waals surface area contributed by atoms with Crippen molar-refractivity contribution in [3.8, 4) is 0 Å². The molecule has 0 saturated heterocycles. The van der Waals surface area contributed by atoms with Gasteiger partial charge in [0.05, 0.1) is 0 Å². The Bertz CT molecular complexity index is 118. The van der Waals surface area contributed by atoms with E-state index < -0.39 is 17.9 Å². The van der Waals surface area contributed by atoms with Gasteiger partial charge in [0, 0.05) is 58.5 Å². The minimum atomic E-state index is -0.833. The standard InChI is InChI=1S/3C2H4O2.Ho.3H2O/c3*1-2(3)4;;;;/h3*1H3,(H,3,4);;3*1H2. The van der Waals surface area contributed by atoms with Gasteiger partial charge >= 0.3 is 0 Å². The van der Waals surface area contributed by atoms with E-state index in [-0.39, 0.29) is 54.2 Å². The Kier molecular flexibility index (Phi) is 103. The second-order valence-electron chi connectivity index (χ2n) is 1.56. The van der Waals surface area contributed by atoms with Crippen molar-refractivity contribution in [3.63, 3.8) is 0 Å². The van der Waals surface area contributed by atoms with Crippen LogP contribution in [0.2, 0.25) is 0 Å². The molecule has 16 heavy (non-hydrogen) atoms. The van der Waals surface area contributed by atoms with Crippen molar-refractivity contribution >= 4 is 17.9 Å². The van der Waals surface area contributed by atoms with E-state index in [1.807, 2.05) is 0 Å². The first-order valence-electron chi connectivity index (χ1n) is 2.78. The predicted octanol–water partition coefficient (Wildman–Crippen LogP) is -2.20. The Morgan fingerprint density at radius 3 is 0.625 bits per heavy atom. The SMILES string of the molecule is CC(=O)O.CC(=O)O.CC(=O)O.O.O.O.[Ho]. The van der Waals surface area contributed by atoms with Crippen LogP contribution in [0.5, 0.6) is 0 Å². The van der Waals surface area contributed by atoms with Crippen LogP contribution in [0.25, 0.3) is 0 Å². The monoisotopic (exact) mass is 399 g/mol. The molecular formula is C6H18HoO9. The summed E-state index contributed by atoms with van der Waals surface area (Å²) in [6.07, 6.45) is 0. The minimum Gasteiger partial charge on any atom is -0.481 e. The molecule has 0 spiro atoms. The van der Waals surface area contributed by atoms with Crippen LogP contribution >= 0.6 is 0 Å². The molecule has 0 bridgehead atoms. The van der Waals surface area contributed by atoms with Crippen LogP contribution in [0, 0.1) is 37.7 Å². The molecule has 0 atom stereocenters. The molecule has 0 fully saturated rings. The number of carbonyl (C=O) groups is 3. The molecule has 1 radical (unpaired) electrons. The fraction of sp³-hybridized carbons (Fsp3) is 0.500. The maximum absolute atomic E-state index is 9.00. The van der Waals surface area contributed by atoms with E-state index >= 15 is 0 Å². The summed E-state index contributed by atoms with van der Waals surface area (Å²) in [6, 6.07) is 0. The van der Waals surface area contributed by atoms with Crippen LogP contribution < -0.4 is 0 Å². The van der Waals surface area contributed by atoms with Gasteiger partial charge in [-0.2, -0.15) is 0 Å². The number of carboxylic acids is 3. The summed E-state index contributed by atoms with van der Waals surface area (Å²) in [4.78, 5) is 27.0. The second kappa shape index (κ2) is 36.5. The number of hydrogen-bond acceptors (Lipinski definition) is 3. The molecule has 0 aliphatic rings. The molecule has 10 heteroatoms. The van der Waals surface area contributed by atoms with Gasteiger partial charge in [-0.15, -0.1) is 0 Å². The van der Waals surface area contributed by atoms with Gasteiger partial charge in [0.15, 0.2) is 0 Å². The predicted molar refractivity (Wildman–Crippen MR) is 50.8 cm³/mol. The van der Waals surface area contributed by atoms with Crippen LogP contribution in [0.15, 0.2) is 0 Å². The maximum atomic E-state index is 9.00. The van der Waals surface area contributed by atoms with Gasteiger partial charge in [-0.1, -0.05) is 0 Å². The van der Waals surface area contributed by atoms with Crippen molar-refractivity contribution in [1.29, 1.82) is 0 Å². The molecule has 0 rings (SSSR count). The average molecular weight is 399 g/mol. The van der Waals surface area contributed by atoms with Crippen LogP contribution in [-0.4, -0.2) is 49.7 Å². The van der Waals surface area contributed by atoms with Crippen LogP contribution in [0.3, 0.4) is 0 Å². The molecule has 0 unspecified atom stereocenters. The third-order valence-corrected chi connectivity index (χ3v) is 0. The van der Waals surface area contributed by atoms with E-state index in [1.165, 1.54) is 0 Å². The summed E-state index contributed by atoms with van der Waals surface area (Å²) < 4.78 is 0. The fourth-order valence-corrected chi connectivity index (χ4v) is 0. The van der Waals surface area contributed by atoms with Crippen LogP contribution in [0.1, 0.15) is 20.8 Å². The fourth-order valence-electron chi connectivity index (χ4n) is 0. The first kappa shape index (κ1) is 45.0. The summed E-state index contributed by atoms with van der Waals surface area (Å²) >= 11 is 0. The molecular weight excluding hydrogens is 381 g/mol. The van der Waals surface area contributed by atoms with Crippen molar-refractivity contribution in [2.45, 2.75) is 20.8 Å². The number of hydrogen-bond donors (Lipinski definition) is 3. The topological polar surface area (TPSA) is 206 Å². The molecule has 0 aromatic heterocycles. The van der Waals surface area contributed by atoms with E-state index in [4.69, 9.17) is 29.7 Å². The molecule has 0 aromatic carbocycles. The van der Waals surface area contributed by atoms with Crippen LogP contribution in [0.4, 0.5) is 0 Å². The van der Waals surface area contributed by atoms with E-state index in [2.05, 4.69) is 0 Å². The van der Waals surface area contributed by atoms with Gasteiger partial charge in [-0.05, 0) is 0 Å². The molecule has 0 saturated carbocycles. The summed E-state index contributed by atoms with van der Waals surface area (Å²) in [7, 11) is 0. The first-order valence-corrected chi connectivity index (χ1v) is 2.78. The molecule has 107 valence electrons. The number of carboxylic acid groups (broad SMARTS) is 3. The Morgan fingerprint density at radius 2 is 0.625 bits per heavy atom. The molecule has 0 aliphatic heterocycles. The largest absolute Gasteiger partial charge is 0.481 e. The average Bonchev–Trinajstić information content (AvgIpc) is 1.54. The zero-order chi connectivity index (χ0) is 10.7. The Labute approximate surface area is 122 Å². The van der Waals surface area contributed by atoms with E-state index in [0.717, 1.165) is 20.8 Å². The third kappa shape index (κ3) is 10500. The van der Waals surface area contributed by atoms with Gasteiger partial charge < -0.3 is 31.7 Å². The van der Waals surface area contributed by atoms with Gasteiger partial charge in [0.25, 0.3) is 17.9 Å². The van der Waals surface area contributed by atoms with Crippen molar-refractivity contribution in [3.05, 3.63) is 0 Å². The quantitative estimate of drug-likeness (QED) is 0.385. The van der Waals surface area contributed by atoms with Crippen molar-refractivity contribution < 1.29 is 83.9 Å². The maximum Gasteiger partial charge on any atom is 0.300 e. The van der Waals surface area contributed by atoms with Crippen molar-refractivity contribution in [2.24, 2.45) is 0 Å². The Balaban J connectivity index is -0.0000000135. The summed E-state index contributed by atoms with van der Waals surface area (Å²) in [5.41, 5.74) is 0. The second-order valence-corrected chi connectivity index (χ2v) is 1.56. The van der Waals surface area contributed by atoms with Gasteiger partial charge in [-0.3, -0.25) is 14.4 Å². The van der Waals surface area contributed by atoms with E-state index in [1.54, 1.807) is 0 Å². The first-order chi connectivity index (χ1) is 5.20. The molecule has 9 nitrogen and oxygen atoms in total. The van der Waals surface area contributed by atoms with E-state index in [0.29, 0.717) is 0 Å². The van der Waals surface area contributed by atoms with Gasteiger partial charge in [0.2, 0.25) is 0 Å². The summed E-state index contributed by atoms with van der Waals surface area (Å²) in [6.45, 7) is 3.25. The normalized spacial score (nSPS) is 4.69. The van der Waals surface area contributed by atoms with E-state index in [9.17, 15) is 0 Å². The minimum absolute atomic E-state index is 0. The molecule has 0 aromatic rings. The molecule has 0 aliphatic carbocycles. The molecule has 0 heterocycles. The summed E-state index contributed by atoms with van der Waals surface area (Å²) in [5, 5.41) is 22.2. The zero-order valence-corrected chi connectivity index (χ0v) is 10.8. The number of rotatable bonds is 0. The van der Waals surface area contributed by atoms with Crippen molar-refractivity contribution in [2.75, 3.05) is 0 Å². The third-order valence-electron chi connectivity index (χ3n) is 0. The van der Waals surface area contributed by atoms with Crippen LogP contribution in [-0.2, 0) is 14.4 Å². The Morgan fingerprint density at radius 1 is 0.625 bits per heavy atom. The number of aliphatic carboxylic acids is 3. The smallest absolute Gasteiger partial charge is 0.300 e. The van der Waals surface area contributed by atoms with Gasteiger partial charge in [-0.25, -0.2) is 0 Å². The summed E-state index contributed by atoms with van der Waals surface area (Å²) in [5.74, 6) is -2.50. The van der Waals surface area contributed by atoms with Crippen molar-refractivity contribution in [1.82, 2.24) is 0 Å². The van der Waals surface area contributed by atoms with Gasteiger partial charge in [0.1, 0.15) is 0 Å². The molecule has 9 N–H and O–H groups in total. The Hall–Kier alpha value is -0.450. The zero-order valence-electron chi connectivity index (χ0n) is 8.87. The molecule has 0 amide bonds.